The largest absolute Gasteiger partial charge is 0.491 e. The number of rotatable bonds is 47. The average Bonchev–Trinajstić information content (AvgIpc) is 1.45. The van der Waals surface area contributed by atoms with Gasteiger partial charge in [-0.2, -0.15) is 20.5 Å². The van der Waals surface area contributed by atoms with Gasteiger partial charge in [-0.15, -0.1) is 32.8 Å². The minimum absolute atomic E-state index is 0.0421. The molecule has 125 heavy (non-hydrogen) atoms. The zero-order valence-corrected chi connectivity index (χ0v) is 68.7. The minimum atomic E-state index is -3.52. The first-order valence-electron chi connectivity index (χ1n) is 40.0. The van der Waals surface area contributed by atoms with E-state index in [1.165, 1.54) is 48.5 Å². The van der Waals surface area contributed by atoms with Crippen LogP contribution in [-0.4, -0.2) is 157 Å². The highest BCUT2D eigenvalue weighted by molar-refractivity contribution is 7.91. The second-order valence-corrected chi connectivity index (χ2v) is 30.0. The van der Waals surface area contributed by atoms with Gasteiger partial charge in [0.05, 0.1) is 142 Å². The van der Waals surface area contributed by atoms with Crippen molar-refractivity contribution in [2.75, 3.05) is 99.4 Å². The molecule has 2 aromatic heterocycles. The Morgan fingerprint density at radius 1 is 0.400 bits per heavy atom. The van der Waals surface area contributed by atoms with Crippen molar-refractivity contribution in [1.82, 2.24) is 30.0 Å². The number of nitrogens with zero attached hydrogens (tertiary/aromatic N) is 17. The van der Waals surface area contributed by atoms with Gasteiger partial charge in [0.2, 0.25) is 0 Å². The van der Waals surface area contributed by atoms with Gasteiger partial charge in [-0.25, -0.2) is 27.6 Å². The third-order valence-electron chi connectivity index (χ3n) is 19.2. The Morgan fingerprint density at radius 3 is 1.05 bits per heavy atom. The van der Waals surface area contributed by atoms with Crippen molar-refractivity contribution in [2.24, 2.45) is 30.7 Å². The number of nitro groups is 2. The van der Waals surface area contributed by atoms with Crippen LogP contribution in [0.1, 0.15) is 78.5 Å². The SMILES string of the molecule is C#CCCCS(=O)(=O)c1ccc(N=Nc2ccc(N(CCn3cc(CCCOc4cc([N+](=O)[O-])ccc4N=Nc4ccc(N(CCOC(=O)c5ccccc5)CCOC(=O)c5ccccc5)cc4)nn3)CCn3cc(CCCOc4cc([N+](=O)[O-])ccc4N=Nc4ccc(N(CCOC(=O)c5ccccc5)CCOC(=O)c5ccccc5)cc4)nn3)cc2)cc1. The van der Waals surface area contributed by atoms with E-state index in [0.29, 0.717) is 121 Å². The fourth-order valence-corrected chi connectivity index (χ4v) is 13.8. The lowest BCUT2D eigenvalue weighted by Gasteiger charge is -2.24. The quantitative estimate of drug-likeness (QED) is 0.00650. The highest BCUT2D eigenvalue weighted by atomic mass is 32.2. The number of unbranched alkanes of at least 4 members (excludes halogenated alkanes) is 1. The van der Waals surface area contributed by atoms with Gasteiger partial charge >= 0.3 is 23.9 Å². The summed E-state index contributed by atoms with van der Waals surface area (Å²) in [5, 5.41) is 68.2. The molecule has 638 valence electrons. The maximum absolute atomic E-state index is 12.9. The molecule has 0 fully saturated rings. The maximum atomic E-state index is 12.9. The summed E-state index contributed by atoms with van der Waals surface area (Å²) >= 11 is 0. The van der Waals surface area contributed by atoms with Crippen LogP contribution in [0.2, 0.25) is 0 Å². The number of anilines is 3. The molecule has 12 rings (SSSR count). The molecule has 0 N–H and O–H groups in total. The normalized spacial score (nSPS) is 11.3. The van der Waals surface area contributed by atoms with Crippen molar-refractivity contribution in [1.29, 1.82) is 0 Å². The molecular weight excluding hydrogens is 1620 g/mol. The van der Waals surface area contributed by atoms with Crippen molar-refractivity contribution in [3.63, 3.8) is 0 Å². The molecular formula is C91H87N17O16S. The first-order chi connectivity index (χ1) is 60.9. The number of carbonyl (C=O) groups is 4. The number of terminal acetylenes is 1. The molecule has 0 aliphatic heterocycles. The number of aromatic nitrogens is 6. The zero-order valence-electron chi connectivity index (χ0n) is 67.9. The number of carbonyl (C=O) groups excluding carboxylic acids is 4. The molecule has 0 spiro atoms. The van der Waals surface area contributed by atoms with Gasteiger partial charge in [-0.1, -0.05) is 83.2 Å². The Labute approximate surface area is 719 Å². The molecule has 2 heterocycles. The number of sulfone groups is 1. The molecule has 33 nitrogen and oxygen atoms in total. The Morgan fingerprint density at radius 2 is 0.720 bits per heavy atom. The summed E-state index contributed by atoms with van der Waals surface area (Å²) in [4.78, 5) is 80.2. The highest BCUT2D eigenvalue weighted by Crippen LogP contribution is 2.36. The van der Waals surface area contributed by atoms with Gasteiger partial charge in [0, 0.05) is 61.1 Å². The van der Waals surface area contributed by atoms with E-state index in [9.17, 15) is 47.8 Å². The molecule has 0 unspecified atom stereocenters. The molecule has 0 radical (unpaired) electrons. The summed E-state index contributed by atoms with van der Waals surface area (Å²) < 4.78 is 63.8. The lowest BCUT2D eigenvalue weighted by molar-refractivity contribution is -0.385. The van der Waals surface area contributed by atoms with Crippen molar-refractivity contribution in [3.05, 3.63) is 321 Å². The number of nitro benzene ring substituents is 2. The highest BCUT2D eigenvalue weighted by Gasteiger charge is 2.21. The van der Waals surface area contributed by atoms with E-state index in [1.807, 2.05) is 46.5 Å². The number of aryl methyl sites for hydroxylation is 2. The van der Waals surface area contributed by atoms with Crippen molar-refractivity contribution in [3.8, 4) is 23.8 Å². The molecule has 0 saturated heterocycles. The number of azo groups is 3. The predicted octanol–water partition coefficient (Wildman–Crippen LogP) is 17.4. The van der Waals surface area contributed by atoms with Gasteiger partial charge in [0.1, 0.15) is 37.8 Å². The number of hydrogen-bond donors (Lipinski definition) is 0. The van der Waals surface area contributed by atoms with Crippen LogP contribution in [0, 0.1) is 32.6 Å². The average molecular weight is 1710 g/mol. The first kappa shape index (κ1) is 88.7. The number of benzene rings is 10. The molecule has 0 aliphatic rings. The van der Waals surface area contributed by atoms with Gasteiger partial charge < -0.3 is 43.1 Å². The monoisotopic (exact) mass is 1710 g/mol. The van der Waals surface area contributed by atoms with Gasteiger partial charge in [-0.3, -0.25) is 29.6 Å². The molecule has 0 aliphatic carbocycles. The van der Waals surface area contributed by atoms with Gasteiger partial charge in [0.15, 0.2) is 21.3 Å². The number of hydrogen-bond acceptors (Lipinski definition) is 29. The smallest absolute Gasteiger partial charge is 0.338 e. The van der Waals surface area contributed by atoms with Crippen LogP contribution in [0.4, 0.5) is 62.6 Å². The van der Waals surface area contributed by atoms with Crippen LogP contribution in [0.25, 0.3) is 0 Å². The Hall–Kier alpha value is -15.5. The van der Waals surface area contributed by atoms with E-state index >= 15 is 0 Å². The van der Waals surface area contributed by atoms with E-state index in [1.54, 1.807) is 191 Å². The van der Waals surface area contributed by atoms with Gasteiger partial charge in [0.25, 0.3) is 11.4 Å². The summed E-state index contributed by atoms with van der Waals surface area (Å²) in [5.41, 5.74) is 7.27. The minimum Gasteiger partial charge on any atom is -0.491 e. The summed E-state index contributed by atoms with van der Waals surface area (Å²) in [6.45, 7) is 3.25. The Kier molecular flexibility index (Phi) is 32.5. The van der Waals surface area contributed by atoms with E-state index in [2.05, 4.69) is 62.1 Å². The topological polar surface area (TPSA) is 389 Å². The van der Waals surface area contributed by atoms with Crippen LogP contribution in [0.3, 0.4) is 0 Å². The fraction of sp³-hybridized carbons (Fsp3) is 0.231. The van der Waals surface area contributed by atoms with E-state index < -0.39 is 43.6 Å². The molecule has 0 bridgehead atoms. The third kappa shape index (κ3) is 27.5. The van der Waals surface area contributed by atoms with E-state index in [4.69, 9.17) is 34.8 Å². The third-order valence-corrected chi connectivity index (χ3v) is 21.0. The molecule has 0 saturated carbocycles. The van der Waals surface area contributed by atoms with E-state index in [0.717, 1.165) is 17.1 Å². The summed E-state index contributed by atoms with van der Waals surface area (Å²) in [6, 6.07) is 70.4. The lowest BCUT2D eigenvalue weighted by atomic mass is 10.2. The molecule has 0 atom stereocenters. The Balaban J connectivity index is 0.655. The number of non-ortho nitro benzene ring substituents is 2. The molecule has 34 heteroatoms. The number of esters is 4. The van der Waals surface area contributed by atoms with Crippen LogP contribution >= 0.6 is 0 Å². The summed E-state index contributed by atoms with van der Waals surface area (Å²) in [5.74, 6) is 0.791. The van der Waals surface area contributed by atoms with Crippen molar-refractivity contribution in [2.45, 2.75) is 56.5 Å². The second kappa shape index (κ2) is 45.8. The van der Waals surface area contributed by atoms with Crippen LogP contribution < -0.4 is 24.2 Å². The van der Waals surface area contributed by atoms with Crippen molar-refractivity contribution < 1.29 is 65.9 Å². The number of ether oxygens (including phenoxy) is 6. The first-order valence-corrected chi connectivity index (χ1v) is 41.7. The predicted molar refractivity (Wildman–Crippen MR) is 466 cm³/mol. The van der Waals surface area contributed by atoms with E-state index in [-0.39, 0.29) is 111 Å². The maximum Gasteiger partial charge on any atom is 0.338 e. The van der Waals surface area contributed by atoms with Gasteiger partial charge in [-0.05, 0) is 190 Å². The second-order valence-electron chi connectivity index (χ2n) is 27.9. The summed E-state index contributed by atoms with van der Waals surface area (Å²) in [7, 11) is -3.52. The van der Waals surface area contributed by atoms with Crippen LogP contribution in [-0.2, 0) is 54.7 Å². The van der Waals surface area contributed by atoms with Crippen LogP contribution in [0.5, 0.6) is 11.5 Å². The molecule has 12 aromatic rings. The van der Waals surface area contributed by atoms with Crippen molar-refractivity contribution >= 4 is 96.3 Å². The van der Waals surface area contributed by atoms with Crippen LogP contribution in [0.15, 0.2) is 303 Å². The lowest BCUT2D eigenvalue weighted by Crippen LogP contribution is -2.32. The molecule has 0 amide bonds. The Bertz CT molecular complexity index is 5430. The fourth-order valence-electron chi connectivity index (χ4n) is 12.5. The standard InChI is InChI=1S/C91H87N17O16S/c1-2-3-16-63-125(117,118)83-45-35-75(36-46-83)93-92-72-29-37-78(38-30-72)102(49-51-105-66-76(96-100-105)27-17-57-119-86-64-81(107(113)114)43-47-84(86)98-94-73-31-39-79(40-32-73)103(53-59-121-88(109)68-19-8-4-9-20-68)54-60-122-89(110)69-21-10-5-11-22-69)50-52-106-67-77(97-101-106)28-18-58-120-87-65-82(108(115)116)44-48-85(87)99-95-74-33-41-80(42-34-74)104(55-61-123-90(111)70-23-12-6-13-24-70)56-62-124-91(112)71-25-14-7-15-26-71/h1,4-15,19-26,29-48,64-67H,3,16-18,27-28,49-63H2. The zero-order chi connectivity index (χ0) is 87.4. The molecule has 10 aromatic carbocycles. The summed E-state index contributed by atoms with van der Waals surface area (Å²) in [6.07, 6.45) is 11.5.